The first kappa shape index (κ1) is 17.2. The van der Waals surface area contributed by atoms with E-state index in [4.69, 9.17) is 0 Å². The van der Waals surface area contributed by atoms with E-state index in [1.54, 1.807) is 24.3 Å². The molecule has 5 nitrogen and oxygen atoms in total. The SMILES string of the molecule is CC(=O)c1ccc(NC(=O)c2cc3c(C(F)(F)F)nn(C)c3s2)cc1. The Balaban J connectivity index is 1.88. The van der Waals surface area contributed by atoms with Gasteiger partial charge in [0.1, 0.15) is 4.83 Å². The van der Waals surface area contributed by atoms with Crippen LogP contribution in [0.5, 0.6) is 0 Å². The number of halogens is 3. The number of alkyl halides is 3. The van der Waals surface area contributed by atoms with Crippen LogP contribution in [0.25, 0.3) is 10.2 Å². The van der Waals surface area contributed by atoms with Crippen LogP contribution in [0.2, 0.25) is 0 Å². The Bertz CT molecular complexity index is 971. The van der Waals surface area contributed by atoms with Crippen LogP contribution in [0.1, 0.15) is 32.6 Å². The van der Waals surface area contributed by atoms with Gasteiger partial charge in [0.25, 0.3) is 5.91 Å². The highest BCUT2D eigenvalue weighted by atomic mass is 32.1. The number of carbonyl (C=O) groups excluding carboxylic acids is 2. The number of hydrogen-bond donors (Lipinski definition) is 1. The summed E-state index contributed by atoms with van der Waals surface area (Å²) in [6.07, 6.45) is -4.59. The first-order valence-electron chi connectivity index (χ1n) is 7.13. The van der Waals surface area contributed by atoms with Crippen molar-refractivity contribution in [3.63, 3.8) is 0 Å². The first-order valence-corrected chi connectivity index (χ1v) is 7.94. The average Bonchev–Trinajstić information content (AvgIpc) is 3.08. The maximum atomic E-state index is 13.0. The fourth-order valence-corrected chi connectivity index (χ4v) is 3.31. The minimum absolute atomic E-state index is 0.0999. The van der Waals surface area contributed by atoms with E-state index < -0.39 is 17.8 Å². The zero-order valence-corrected chi connectivity index (χ0v) is 14.0. The monoisotopic (exact) mass is 367 g/mol. The molecule has 0 atom stereocenters. The van der Waals surface area contributed by atoms with Crippen molar-refractivity contribution in [2.24, 2.45) is 7.05 Å². The molecule has 25 heavy (non-hydrogen) atoms. The number of nitrogens with zero attached hydrogens (tertiary/aromatic N) is 2. The molecular weight excluding hydrogens is 355 g/mol. The molecule has 2 aromatic heterocycles. The van der Waals surface area contributed by atoms with Gasteiger partial charge in [0.15, 0.2) is 11.5 Å². The van der Waals surface area contributed by atoms with Crippen molar-refractivity contribution < 1.29 is 22.8 Å². The van der Waals surface area contributed by atoms with Crippen molar-refractivity contribution in [2.45, 2.75) is 13.1 Å². The van der Waals surface area contributed by atoms with Gasteiger partial charge in [0, 0.05) is 23.7 Å². The van der Waals surface area contributed by atoms with E-state index in [0.29, 0.717) is 11.3 Å². The highest BCUT2D eigenvalue weighted by Crippen LogP contribution is 2.37. The number of anilines is 1. The van der Waals surface area contributed by atoms with Crippen LogP contribution < -0.4 is 5.32 Å². The van der Waals surface area contributed by atoms with Crippen LogP contribution in [-0.4, -0.2) is 21.5 Å². The minimum Gasteiger partial charge on any atom is -0.321 e. The van der Waals surface area contributed by atoms with E-state index >= 15 is 0 Å². The molecule has 2 heterocycles. The van der Waals surface area contributed by atoms with Crippen LogP contribution in [-0.2, 0) is 13.2 Å². The first-order chi connectivity index (χ1) is 11.7. The molecule has 0 saturated carbocycles. The van der Waals surface area contributed by atoms with Crippen LogP contribution >= 0.6 is 11.3 Å². The Labute approximate surface area is 144 Å². The van der Waals surface area contributed by atoms with Gasteiger partial charge in [-0.2, -0.15) is 18.3 Å². The summed E-state index contributed by atoms with van der Waals surface area (Å²) in [6, 6.07) is 7.44. The maximum Gasteiger partial charge on any atom is 0.435 e. The smallest absolute Gasteiger partial charge is 0.321 e. The summed E-state index contributed by atoms with van der Waals surface area (Å²) < 4.78 is 40.1. The highest BCUT2D eigenvalue weighted by molar-refractivity contribution is 7.20. The molecule has 1 amide bonds. The number of amides is 1. The molecule has 0 bridgehead atoms. The summed E-state index contributed by atoms with van der Waals surface area (Å²) in [5, 5.41) is 5.97. The van der Waals surface area contributed by atoms with E-state index in [1.165, 1.54) is 20.0 Å². The predicted molar refractivity (Wildman–Crippen MR) is 88.0 cm³/mol. The molecule has 0 saturated heterocycles. The lowest BCUT2D eigenvalue weighted by Crippen LogP contribution is -2.11. The van der Waals surface area contributed by atoms with Crippen molar-refractivity contribution in [3.05, 3.63) is 46.5 Å². The molecule has 0 fully saturated rings. The third-order valence-electron chi connectivity index (χ3n) is 3.55. The molecule has 0 aliphatic rings. The third-order valence-corrected chi connectivity index (χ3v) is 4.75. The molecule has 1 N–H and O–H groups in total. The number of rotatable bonds is 3. The van der Waals surface area contributed by atoms with E-state index in [0.717, 1.165) is 16.0 Å². The Hall–Kier alpha value is -2.68. The summed E-state index contributed by atoms with van der Waals surface area (Å²) >= 11 is 0.931. The molecule has 0 unspecified atom stereocenters. The topological polar surface area (TPSA) is 64.0 Å². The number of fused-ring (bicyclic) bond motifs is 1. The van der Waals surface area contributed by atoms with Gasteiger partial charge in [-0.3, -0.25) is 14.3 Å². The maximum absolute atomic E-state index is 13.0. The Morgan fingerprint density at radius 1 is 1.20 bits per heavy atom. The van der Waals surface area contributed by atoms with Crippen LogP contribution in [0.3, 0.4) is 0 Å². The van der Waals surface area contributed by atoms with Crippen molar-refractivity contribution in [1.29, 1.82) is 0 Å². The quantitative estimate of drug-likeness (QED) is 0.709. The van der Waals surface area contributed by atoms with E-state index in [2.05, 4.69) is 10.4 Å². The summed E-state index contributed by atoms with van der Waals surface area (Å²) in [6.45, 7) is 1.43. The van der Waals surface area contributed by atoms with Crippen LogP contribution in [0, 0.1) is 0 Å². The van der Waals surface area contributed by atoms with Gasteiger partial charge >= 0.3 is 6.18 Å². The fraction of sp³-hybridized carbons (Fsp3) is 0.188. The zero-order chi connectivity index (χ0) is 18.4. The number of thiophene rings is 1. The fourth-order valence-electron chi connectivity index (χ4n) is 2.34. The Morgan fingerprint density at radius 3 is 2.40 bits per heavy atom. The second-order valence-electron chi connectivity index (χ2n) is 5.39. The number of ketones is 1. The molecule has 1 aromatic carbocycles. The van der Waals surface area contributed by atoms with Gasteiger partial charge in [-0.1, -0.05) is 0 Å². The normalized spacial score (nSPS) is 11.7. The molecular formula is C16H12F3N3O2S. The molecule has 9 heteroatoms. The van der Waals surface area contributed by atoms with E-state index in [1.807, 2.05) is 0 Å². The molecule has 130 valence electrons. The van der Waals surface area contributed by atoms with Gasteiger partial charge in [-0.25, -0.2) is 0 Å². The number of aromatic nitrogens is 2. The second-order valence-corrected chi connectivity index (χ2v) is 6.42. The van der Waals surface area contributed by atoms with Crippen molar-refractivity contribution in [1.82, 2.24) is 9.78 Å². The van der Waals surface area contributed by atoms with E-state index in [9.17, 15) is 22.8 Å². The number of nitrogens with one attached hydrogen (secondary N) is 1. The van der Waals surface area contributed by atoms with Crippen LogP contribution in [0.15, 0.2) is 30.3 Å². The number of benzene rings is 1. The molecule has 0 aliphatic carbocycles. The lowest BCUT2D eigenvalue weighted by molar-refractivity contribution is -0.140. The van der Waals surface area contributed by atoms with E-state index in [-0.39, 0.29) is 20.9 Å². The zero-order valence-electron chi connectivity index (χ0n) is 13.1. The summed E-state index contributed by atoms with van der Waals surface area (Å²) in [5.41, 5.74) is -0.0616. The summed E-state index contributed by atoms with van der Waals surface area (Å²) in [7, 11) is 1.40. The van der Waals surface area contributed by atoms with Gasteiger partial charge in [0.05, 0.1) is 4.88 Å². The number of carbonyl (C=O) groups is 2. The highest BCUT2D eigenvalue weighted by Gasteiger charge is 2.37. The summed E-state index contributed by atoms with van der Waals surface area (Å²) in [4.78, 5) is 23.9. The van der Waals surface area contributed by atoms with Gasteiger partial charge < -0.3 is 5.32 Å². The van der Waals surface area contributed by atoms with Gasteiger partial charge in [-0.05, 0) is 37.3 Å². The molecule has 0 radical (unpaired) electrons. The lowest BCUT2D eigenvalue weighted by Gasteiger charge is -2.04. The second kappa shape index (κ2) is 5.99. The predicted octanol–water partition coefficient (Wildman–Crippen LogP) is 4.11. The van der Waals surface area contributed by atoms with Crippen molar-refractivity contribution >= 4 is 38.9 Å². The largest absolute Gasteiger partial charge is 0.435 e. The van der Waals surface area contributed by atoms with Gasteiger partial charge in [0.2, 0.25) is 0 Å². The molecule has 3 rings (SSSR count). The number of hydrogen-bond acceptors (Lipinski definition) is 4. The molecule has 0 aliphatic heterocycles. The standard InChI is InChI=1S/C16H12F3N3O2S/c1-8(23)9-3-5-10(6-4-9)20-14(24)12-7-11-13(16(17,18)19)21-22(2)15(11)25-12/h3-7H,1-2H3,(H,20,24). The number of Topliss-reactive ketones (excluding diaryl/α,β-unsaturated/α-hetero) is 1. The Kier molecular flexibility index (Phi) is 4.11. The molecule has 3 aromatic rings. The average molecular weight is 367 g/mol. The van der Waals surface area contributed by atoms with Crippen molar-refractivity contribution in [2.75, 3.05) is 5.32 Å². The lowest BCUT2D eigenvalue weighted by atomic mass is 10.1. The molecule has 0 spiro atoms. The third kappa shape index (κ3) is 3.27. The Morgan fingerprint density at radius 2 is 1.84 bits per heavy atom. The van der Waals surface area contributed by atoms with Crippen LogP contribution in [0.4, 0.5) is 18.9 Å². The minimum atomic E-state index is -4.59. The summed E-state index contributed by atoms with van der Waals surface area (Å²) in [5.74, 6) is -0.625. The van der Waals surface area contributed by atoms with Gasteiger partial charge in [-0.15, -0.1) is 11.3 Å². The van der Waals surface area contributed by atoms with Crippen molar-refractivity contribution in [3.8, 4) is 0 Å². The number of aryl methyl sites for hydroxylation is 1.